The van der Waals surface area contributed by atoms with Crippen molar-refractivity contribution in [3.8, 4) is 0 Å². The van der Waals surface area contributed by atoms with Crippen molar-refractivity contribution in [2.75, 3.05) is 3.11 Å². The van der Waals surface area contributed by atoms with Crippen LogP contribution in [0.4, 0.5) is 5.69 Å². The van der Waals surface area contributed by atoms with Gasteiger partial charge in [-0.05, 0) is 18.9 Å². The number of aliphatic imine (C=N–C) groups is 1. The van der Waals surface area contributed by atoms with Crippen LogP contribution < -0.4 is 3.11 Å². The Morgan fingerprint density at radius 3 is 2.94 bits per heavy atom. The zero-order chi connectivity index (χ0) is 11.0. The van der Waals surface area contributed by atoms with E-state index in [0.29, 0.717) is 12.1 Å². The first-order chi connectivity index (χ1) is 7.86. The van der Waals surface area contributed by atoms with E-state index in [-0.39, 0.29) is 0 Å². The molecule has 0 radical (unpaired) electrons. The Bertz CT molecular complexity index is 416. The van der Waals surface area contributed by atoms with E-state index in [1.54, 1.807) is 0 Å². The molecule has 1 aromatic carbocycles. The van der Waals surface area contributed by atoms with Gasteiger partial charge in [-0.3, -0.25) is 4.99 Å². The summed E-state index contributed by atoms with van der Waals surface area (Å²) in [5.41, 5.74) is 2.58. The largest absolute Gasteiger partial charge is 0.309 e. The smallest absolute Gasteiger partial charge is 0.0711 e. The summed E-state index contributed by atoms with van der Waals surface area (Å²) in [6.07, 6.45) is 7.27. The average Bonchev–Trinajstić information content (AvgIpc) is 2.49. The Morgan fingerprint density at radius 2 is 2.00 bits per heavy atom. The van der Waals surface area contributed by atoms with E-state index >= 15 is 0 Å². The van der Waals surface area contributed by atoms with Gasteiger partial charge in [0.2, 0.25) is 0 Å². The number of hydrogen-bond acceptors (Lipinski definition) is 2. The molecule has 2 aliphatic rings. The predicted molar refractivity (Wildman–Crippen MR) is 76.6 cm³/mol. The zero-order valence-corrected chi connectivity index (χ0v) is 11.3. The molecule has 1 saturated carbocycles. The zero-order valence-electron chi connectivity index (χ0n) is 9.14. The minimum atomic E-state index is 0.498. The molecule has 1 aromatic rings. The Balaban J connectivity index is 2.03. The Kier molecular flexibility index (Phi) is 2.88. The van der Waals surface area contributed by atoms with Crippen molar-refractivity contribution in [1.82, 2.24) is 0 Å². The molecule has 0 amide bonds. The summed E-state index contributed by atoms with van der Waals surface area (Å²) >= 11 is 2.46. The highest BCUT2D eigenvalue weighted by molar-refractivity contribution is 14.1. The quantitative estimate of drug-likeness (QED) is 0.525. The first-order valence-electron chi connectivity index (χ1n) is 5.93. The fourth-order valence-electron chi connectivity index (χ4n) is 2.68. The van der Waals surface area contributed by atoms with Crippen molar-refractivity contribution in [1.29, 1.82) is 0 Å². The number of anilines is 1. The van der Waals surface area contributed by atoms with Gasteiger partial charge in [0, 0.05) is 11.8 Å². The lowest BCUT2D eigenvalue weighted by Gasteiger charge is -2.34. The van der Waals surface area contributed by atoms with Crippen LogP contribution in [0.15, 0.2) is 29.3 Å². The number of para-hydroxylation sites is 1. The molecular formula is C13H15IN2. The van der Waals surface area contributed by atoms with E-state index in [4.69, 9.17) is 4.99 Å². The maximum atomic E-state index is 4.77. The first-order valence-corrected chi connectivity index (χ1v) is 6.90. The molecule has 3 heteroatoms. The van der Waals surface area contributed by atoms with Gasteiger partial charge >= 0.3 is 0 Å². The standard InChI is InChI=1S/C13H15IN2/c14-16-12-7-3-1-5-10(12)9-15-11-6-2-4-8-13(11)16/h1,3,5,7,9,11,13H,2,4,6,8H2. The van der Waals surface area contributed by atoms with Crippen LogP contribution in [0.1, 0.15) is 31.2 Å². The minimum Gasteiger partial charge on any atom is -0.309 e. The monoisotopic (exact) mass is 326 g/mol. The van der Waals surface area contributed by atoms with E-state index in [1.807, 2.05) is 0 Å². The van der Waals surface area contributed by atoms with Crippen molar-refractivity contribution in [2.24, 2.45) is 4.99 Å². The Morgan fingerprint density at radius 1 is 1.19 bits per heavy atom. The van der Waals surface area contributed by atoms with Gasteiger partial charge in [-0.25, -0.2) is 0 Å². The van der Waals surface area contributed by atoms with Gasteiger partial charge in [-0.1, -0.05) is 31.0 Å². The first kappa shape index (κ1) is 10.6. The fraction of sp³-hybridized carbons (Fsp3) is 0.462. The number of hydrogen-bond donors (Lipinski definition) is 0. The second kappa shape index (κ2) is 4.35. The molecule has 0 saturated heterocycles. The second-order valence-corrected chi connectivity index (χ2v) is 5.61. The molecule has 0 bridgehead atoms. The molecule has 1 aliphatic carbocycles. The molecule has 0 spiro atoms. The van der Waals surface area contributed by atoms with E-state index in [9.17, 15) is 0 Å². The second-order valence-electron chi connectivity index (χ2n) is 4.57. The SMILES string of the molecule is IN1c2ccccc2C=NC2CCCCC21. The molecule has 0 N–H and O–H groups in total. The maximum absolute atomic E-state index is 4.77. The van der Waals surface area contributed by atoms with Crippen LogP contribution in [0.25, 0.3) is 0 Å². The lowest BCUT2D eigenvalue weighted by Crippen LogP contribution is -2.38. The number of fused-ring (bicyclic) bond motifs is 2. The third-order valence-electron chi connectivity index (χ3n) is 3.56. The van der Waals surface area contributed by atoms with Crippen molar-refractivity contribution < 1.29 is 0 Å². The third-order valence-corrected chi connectivity index (χ3v) is 4.79. The number of halogens is 1. The number of benzene rings is 1. The molecule has 1 aliphatic heterocycles. The molecule has 2 unspecified atom stereocenters. The van der Waals surface area contributed by atoms with E-state index in [0.717, 1.165) is 0 Å². The van der Waals surface area contributed by atoms with Crippen LogP contribution in [0.3, 0.4) is 0 Å². The normalized spacial score (nSPS) is 28.2. The van der Waals surface area contributed by atoms with Gasteiger partial charge in [0.1, 0.15) is 0 Å². The molecule has 1 heterocycles. The maximum Gasteiger partial charge on any atom is 0.0711 e. The van der Waals surface area contributed by atoms with Crippen molar-refractivity contribution in [3.63, 3.8) is 0 Å². The summed E-state index contributed by atoms with van der Waals surface area (Å²) in [6, 6.07) is 9.64. The summed E-state index contributed by atoms with van der Waals surface area (Å²) in [6.45, 7) is 0. The summed E-state index contributed by atoms with van der Waals surface area (Å²) in [4.78, 5) is 4.77. The molecule has 2 atom stereocenters. The summed E-state index contributed by atoms with van der Waals surface area (Å²) in [5.74, 6) is 0. The summed E-state index contributed by atoms with van der Waals surface area (Å²) in [5, 5.41) is 0. The highest BCUT2D eigenvalue weighted by Crippen LogP contribution is 2.35. The Labute approximate surface area is 110 Å². The molecule has 1 fully saturated rings. The highest BCUT2D eigenvalue weighted by Gasteiger charge is 2.31. The molecule has 2 nitrogen and oxygen atoms in total. The predicted octanol–water partition coefficient (Wildman–Crippen LogP) is 3.59. The number of nitrogens with zero attached hydrogens (tertiary/aromatic N) is 2. The molecular weight excluding hydrogens is 311 g/mol. The van der Waals surface area contributed by atoms with Gasteiger partial charge in [-0.2, -0.15) is 0 Å². The van der Waals surface area contributed by atoms with Crippen LogP contribution in [0.5, 0.6) is 0 Å². The molecule has 16 heavy (non-hydrogen) atoms. The van der Waals surface area contributed by atoms with Crippen molar-refractivity contribution in [3.05, 3.63) is 29.8 Å². The van der Waals surface area contributed by atoms with Crippen LogP contribution in [0, 0.1) is 0 Å². The summed E-state index contributed by atoms with van der Waals surface area (Å²) < 4.78 is 2.41. The minimum absolute atomic E-state index is 0.498. The van der Waals surface area contributed by atoms with E-state index < -0.39 is 0 Å². The van der Waals surface area contributed by atoms with Gasteiger partial charge in [0.05, 0.1) is 40.6 Å². The highest BCUT2D eigenvalue weighted by atomic mass is 127. The van der Waals surface area contributed by atoms with Gasteiger partial charge in [0.25, 0.3) is 0 Å². The van der Waals surface area contributed by atoms with Gasteiger partial charge < -0.3 is 3.11 Å². The lowest BCUT2D eigenvalue weighted by molar-refractivity contribution is 0.398. The fourth-order valence-corrected chi connectivity index (χ4v) is 3.77. The third kappa shape index (κ3) is 1.75. The molecule has 84 valence electrons. The number of rotatable bonds is 0. The molecule has 0 aromatic heterocycles. The van der Waals surface area contributed by atoms with Crippen molar-refractivity contribution >= 4 is 34.8 Å². The van der Waals surface area contributed by atoms with Crippen LogP contribution in [0.2, 0.25) is 0 Å². The van der Waals surface area contributed by atoms with Crippen LogP contribution in [-0.4, -0.2) is 18.3 Å². The lowest BCUT2D eigenvalue weighted by atomic mass is 9.91. The summed E-state index contributed by atoms with van der Waals surface area (Å²) in [7, 11) is 0. The topological polar surface area (TPSA) is 15.6 Å². The van der Waals surface area contributed by atoms with E-state index in [1.165, 1.54) is 36.9 Å². The van der Waals surface area contributed by atoms with Gasteiger partial charge in [-0.15, -0.1) is 0 Å². The van der Waals surface area contributed by atoms with E-state index in [2.05, 4.69) is 56.5 Å². The Hall–Kier alpha value is -0.580. The van der Waals surface area contributed by atoms with Crippen LogP contribution >= 0.6 is 22.9 Å². The molecule has 3 rings (SSSR count). The van der Waals surface area contributed by atoms with Crippen LogP contribution in [-0.2, 0) is 0 Å². The van der Waals surface area contributed by atoms with Gasteiger partial charge in [0.15, 0.2) is 0 Å². The van der Waals surface area contributed by atoms with Crippen molar-refractivity contribution in [2.45, 2.75) is 37.8 Å². The average molecular weight is 326 g/mol.